The van der Waals surface area contributed by atoms with E-state index in [1.165, 1.54) is 0 Å². The first-order valence-electron chi connectivity index (χ1n) is 5.81. The lowest BCUT2D eigenvalue weighted by molar-refractivity contribution is -0.137. The normalized spacial score (nSPS) is 11.6. The average Bonchev–Trinajstić information content (AvgIpc) is 2.37. The van der Waals surface area contributed by atoms with E-state index in [1.54, 1.807) is 12.1 Å². The van der Waals surface area contributed by atoms with E-state index in [0.29, 0.717) is 11.6 Å². The molecule has 0 amide bonds. The molecule has 0 aliphatic heterocycles. The summed E-state index contributed by atoms with van der Waals surface area (Å²) in [6.45, 7) is 1.99. The first-order valence-corrected chi connectivity index (χ1v) is 5.81. The number of hydrogen-bond acceptors (Lipinski definition) is 1. The lowest BCUT2D eigenvalue weighted by Crippen LogP contribution is -2.13. The standard InChI is InChI=1S/C14H12F3NO/c1-2-9-3-5-10(6-4-9)12-7-11(14(15,16)17)8-13(19)18-12/h3-8H,2H2,1H3,(H,18,19). The van der Waals surface area contributed by atoms with Crippen LogP contribution in [0.1, 0.15) is 18.1 Å². The first-order chi connectivity index (χ1) is 8.90. The van der Waals surface area contributed by atoms with Gasteiger partial charge in [0.15, 0.2) is 0 Å². The average molecular weight is 267 g/mol. The molecule has 0 radical (unpaired) electrons. The Morgan fingerprint density at radius 1 is 1.11 bits per heavy atom. The number of pyridine rings is 1. The molecule has 0 bridgehead atoms. The molecule has 1 aromatic carbocycles. The third kappa shape index (κ3) is 3.05. The fourth-order valence-electron chi connectivity index (χ4n) is 1.78. The zero-order valence-electron chi connectivity index (χ0n) is 10.2. The summed E-state index contributed by atoms with van der Waals surface area (Å²) in [6.07, 6.45) is -3.67. The summed E-state index contributed by atoms with van der Waals surface area (Å²) in [6, 6.07) is 8.56. The number of nitrogens with one attached hydrogen (secondary N) is 1. The Kier molecular flexibility index (Phi) is 3.46. The summed E-state index contributed by atoms with van der Waals surface area (Å²) in [5, 5.41) is 0. The summed E-state index contributed by atoms with van der Waals surface area (Å²) in [5.74, 6) is 0. The monoisotopic (exact) mass is 267 g/mol. The predicted octanol–water partition coefficient (Wildman–Crippen LogP) is 3.62. The van der Waals surface area contributed by atoms with Gasteiger partial charge < -0.3 is 4.98 Å². The molecule has 0 saturated heterocycles. The quantitative estimate of drug-likeness (QED) is 0.885. The van der Waals surface area contributed by atoms with Gasteiger partial charge in [0.1, 0.15) is 0 Å². The van der Waals surface area contributed by atoms with Crippen LogP contribution in [0.15, 0.2) is 41.2 Å². The van der Waals surface area contributed by atoms with Crippen molar-refractivity contribution in [2.75, 3.05) is 0 Å². The molecule has 5 heteroatoms. The van der Waals surface area contributed by atoms with Crippen LogP contribution in [-0.4, -0.2) is 4.98 Å². The Morgan fingerprint density at radius 2 is 1.74 bits per heavy atom. The largest absolute Gasteiger partial charge is 0.416 e. The number of hydrogen-bond donors (Lipinski definition) is 1. The number of aryl methyl sites for hydroxylation is 1. The zero-order chi connectivity index (χ0) is 14.0. The van der Waals surface area contributed by atoms with Gasteiger partial charge in [-0.3, -0.25) is 4.79 Å². The minimum atomic E-state index is -4.52. The van der Waals surface area contributed by atoms with Crippen LogP contribution in [0.3, 0.4) is 0 Å². The highest BCUT2D eigenvalue weighted by Gasteiger charge is 2.31. The second-order valence-electron chi connectivity index (χ2n) is 4.20. The van der Waals surface area contributed by atoms with E-state index < -0.39 is 17.3 Å². The van der Waals surface area contributed by atoms with Crippen molar-refractivity contribution in [3.63, 3.8) is 0 Å². The van der Waals surface area contributed by atoms with Crippen molar-refractivity contribution in [2.24, 2.45) is 0 Å². The summed E-state index contributed by atoms with van der Waals surface area (Å²) >= 11 is 0. The van der Waals surface area contributed by atoms with Gasteiger partial charge in [-0.2, -0.15) is 13.2 Å². The Hall–Kier alpha value is -2.04. The SMILES string of the molecule is CCc1ccc(-c2cc(C(F)(F)F)cc(=O)[nH]2)cc1. The van der Waals surface area contributed by atoms with Gasteiger partial charge in [0.2, 0.25) is 5.56 Å². The Labute approximate surface area is 107 Å². The number of alkyl halides is 3. The molecular weight excluding hydrogens is 255 g/mol. The van der Waals surface area contributed by atoms with E-state index in [2.05, 4.69) is 4.98 Å². The fraction of sp³-hybridized carbons (Fsp3) is 0.214. The predicted molar refractivity (Wildman–Crippen MR) is 66.9 cm³/mol. The number of aromatic nitrogens is 1. The molecule has 0 aliphatic carbocycles. The van der Waals surface area contributed by atoms with Gasteiger partial charge in [0.05, 0.1) is 5.56 Å². The molecule has 1 N–H and O–H groups in total. The molecule has 0 fully saturated rings. The second-order valence-corrected chi connectivity index (χ2v) is 4.20. The number of benzene rings is 1. The smallest absolute Gasteiger partial charge is 0.322 e. The Balaban J connectivity index is 2.49. The van der Waals surface area contributed by atoms with Gasteiger partial charge in [-0.05, 0) is 23.6 Å². The third-order valence-electron chi connectivity index (χ3n) is 2.84. The molecule has 0 spiro atoms. The van der Waals surface area contributed by atoms with Crippen LogP contribution >= 0.6 is 0 Å². The Morgan fingerprint density at radius 3 is 2.26 bits per heavy atom. The van der Waals surface area contributed by atoms with Gasteiger partial charge >= 0.3 is 6.18 Å². The molecule has 1 heterocycles. The highest BCUT2D eigenvalue weighted by molar-refractivity contribution is 5.60. The molecule has 2 nitrogen and oxygen atoms in total. The van der Waals surface area contributed by atoms with Gasteiger partial charge in [0.25, 0.3) is 0 Å². The molecule has 0 aliphatic rings. The van der Waals surface area contributed by atoms with E-state index in [4.69, 9.17) is 0 Å². The topological polar surface area (TPSA) is 32.9 Å². The van der Waals surface area contributed by atoms with Crippen LogP contribution in [0, 0.1) is 0 Å². The molecule has 2 aromatic rings. The second kappa shape index (κ2) is 4.91. The van der Waals surface area contributed by atoms with E-state index in [-0.39, 0.29) is 5.69 Å². The van der Waals surface area contributed by atoms with Crippen LogP contribution in [0.2, 0.25) is 0 Å². The third-order valence-corrected chi connectivity index (χ3v) is 2.84. The van der Waals surface area contributed by atoms with E-state index in [9.17, 15) is 18.0 Å². The minimum Gasteiger partial charge on any atom is -0.322 e. The highest BCUT2D eigenvalue weighted by Crippen LogP contribution is 2.30. The lowest BCUT2D eigenvalue weighted by atomic mass is 10.1. The molecule has 0 atom stereocenters. The lowest BCUT2D eigenvalue weighted by Gasteiger charge is -2.09. The summed E-state index contributed by atoms with van der Waals surface area (Å²) in [7, 11) is 0. The van der Waals surface area contributed by atoms with E-state index in [1.807, 2.05) is 19.1 Å². The minimum absolute atomic E-state index is 0.169. The maximum absolute atomic E-state index is 12.6. The number of halogens is 3. The number of rotatable bonds is 2. The highest BCUT2D eigenvalue weighted by atomic mass is 19.4. The van der Waals surface area contributed by atoms with Crippen LogP contribution in [0.25, 0.3) is 11.3 Å². The molecule has 19 heavy (non-hydrogen) atoms. The van der Waals surface area contributed by atoms with Crippen LogP contribution < -0.4 is 5.56 Å². The van der Waals surface area contributed by atoms with Crippen molar-refractivity contribution in [2.45, 2.75) is 19.5 Å². The zero-order valence-corrected chi connectivity index (χ0v) is 10.2. The van der Waals surface area contributed by atoms with E-state index in [0.717, 1.165) is 18.1 Å². The van der Waals surface area contributed by atoms with Crippen LogP contribution in [0.5, 0.6) is 0 Å². The van der Waals surface area contributed by atoms with Gasteiger partial charge in [0, 0.05) is 11.8 Å². The fourth-order valence-corrected chi connectivity index (χ4v) is 1.78. The maximum atomic E-state index is 12.6. The number of aromatic amines is 1. The maximum Gasteiger partial charge on any atom is 0.416 e. The first kappa shape index (κ1) is 13.4. The summed E-state index contributed by atoms with van der Waals surface area (Å²) < 4.78 is 37.9. The van der Waals surface area contributed by atoms with Gasteiger partial charge in [-0.25, -0.2) is 0 Å². The van der Waals surface area contributed by atoms with Crippen molar-refractivity contribution in [3.05, 3.63) is 57.9 Å². The van der Waals surface area contributed by atoms with Crippen molar-refractivity contribution in [3.8, 4) is 11.3 Å². The van der Waals surface area contributed by atoms with Crippen LogP contribution in [-0.2, 0) is 12.6 Å². The number of H-pyrrole nitrogens is 1. The summed E-state index contributed by atoms with van der Waals surface area (Å²) in [4.78, 5) is 13.7. The molecule has 100 valence electrons. The summed E-state index contributed by atoms with van der Waals surface area (Å²) in [5.41, 5.74) is 0.108. The van der Waals surface area contributed by atoms with Crippen molar-refractivity contribution < 1.29 is 13.2 Å². The molecule has 0 unspecified atom stereocenters. The molecule has 1 aromatic heterocycles. The van der Waals surface area contributed by atoms with Gasteiger partial charge in [-0.15, -0.1) is 0 Å². The van der Waals surface area contributed by atoms with Crippen LogP contribution in [0.4, 0.5) is 13.2 Å². The van der Waals surface area contributed by atoms with Crippen molar-refractivity contribution in [1.29, 1.82) is 0 Å². The Bertz CT molecular complexity index is 626. The van der Waals surface area contributed by atoms with Crippen molar-refractivity contribution >= 4 is 0 Å². The molecule has 2 rings (SSSR count). The van der Waals surface area contributed by atoms with Crippen molar-refractivity contribution in [1.82, 2.24) is 4.98 Å². The molecule has 0 saturated carbocycles. The van der Waals surface area contributed by atoms with E-state index >= 15 is 0 Å². The molecular formula is C14H12F3NO. The van der Waals surface area contributed by atoms with Gasteiger partial charge in [-0.1, -0.05) is 31.2 Å².